The van der Waals surface area contributed by atoms with E-state index in [1.165, 1.54) is 30.8 Å². The number of carbonyl (C=O) groups excluding carboxylic acids is 1. The minimum absolute atomic E-state index is 0.105. The molecule has 0 saturated heterocycles. The molecule has 0 spiro atoms. The number of ether oxygens (including phenoxy) is 1. The molecule has 0 N–H and O–H groups in total. The SMILES string of the molecule is C1CC2C3CCC(C3)C2C1.CC.CCCCC(=O)OC. The molecule has 2 bridgehead atoms. The molecule has 0 heterocycles. The van der Waals surface area contributed by atoms with Crippen molar-refractivity contribution < 1.29 is 9.53 Å². The molecule has 0 aromatic rings. The molecule has 2 heteroatoms. The number of esters is 1. The summed E-state index contributed by atoms with van der Waals surface area (Å²) in [6.07, 6.45) is 12.1. The monoisotopic (exact) mass is 282 g/mol. The van der Waals surface area contributed by atoms with Crippen LogP contribution in [0.2, 0.25) is 0 Å². The molecule has 3 saturated carbocycles. The van der Waals surface area contributed by atoms with Crippen molar-refractivity contribution in [3.8, 4) is 0 Å². The van der Waals surface area contributed by atoms with E-state index in [0.717, 1.165) is 12.8 Å². The van der Waals surface area contributed by atoms with Crippen LogP contribution in [0.4, 0.5) is 0 Å². The van der Waals surface area contributed by atoms with Gasteiger partial charge in [-0.25, -0.2) is 0 Å². The fourth-order valence-electron chi connectivity index (χ4n) is 4.44. The summed E-state index contributed by atoms with van der Waals surface area (Å²) in [5.41, 5.74) is 0. The molecule has 0 aliphatic heterocycles. The van der Waals surface area contributed by atoms with Crippen molar-refractivity contribution in [1.29, 1.82) is 0 Å². The average molecular weight is 282 g/mol. The summed E-state index contributed by atoms with van der Waals surface area (Å²) in [7, 11) is 1.41. The van der Waals surface area contributed by atoms with Gasteiger partial charge in [0.2, 0.25) is 0 Å². The van der Waals surface area contributed by atoms with E-state index < -0.39 is 0 Å². The van der Waals surface area contributed by atoms with Crippen molar-refractivity contribution in [1.82, 2.24) is 0 Å². The molecule has 0 amide bonds. The number of rotatable bonds is 3. The van der Waals surface area contributed by atoms with Gasteiger partial charge < -0.3 is 4.74 Å². The Balaban J connectivity index is 0.000000184. The van der Waals surface area contributed by atoms with Gasteiger partial charge in [-0.3, -0.25) is 4.79 Å². The summed E-state index contributed by atoms with van der Waals surface area (Å²) in [5.74, 6) is 4.69. The van der Waals surface area contributed by atoms with E-state index in [1.54, 1.807) is 38.5 Å². The molecule has 4 atom stereocenters. The minimum Gasteiger partial charge on any atom is -0.469 e. The molecule has 0 aromatic carbocycles. The summed E-state index contributed by atoms with van der Waals surface area (Å²) in [4.78, 5) is 10.3. The van der Waals surface area contributed by atoms with Crippen LogP contribution in [0.25, 0.3) is 0 Å². The van der Waals surface area contributed by atoms with Crippen LogP contribution in [0.3, 0.4) is 0 Å². The molecule has 3 aliphatic rings. The van der Waals surface area contributed by atoms with E-state index in [2.05, 4.69) is 4.74 Å². The lowest BCUT2D eigenvalue weighted by Crippen LogP contribution is -2.15. The van der Waals surface area contributed by atoms with Gasteiger partial charge in [-0.05, 0) is 62.2 Å². The summed E-state index contributed by atoms with van der Waals surface area (Å²) in [5, 5.41) is 0. The fraction of sp³-hybridized carbons (Fsp3) is 0.944. The molecular weight excluding hydrogens is 248 g/mol. The van der Waals surface area contributed by atoms with Gasteiger partial charge in [0.05, 0.1) is 7.11 Å². The van der Waals surface area contributed by atoms with Crippen molar-refractivity contribution in [3.05, 3.63) is 0 Å². The van der Waals surface area contributed by atoms with Crippen LogP contribution < -0.4 is 0 Å². The summed E-state index contributed by atoms with van der Waals surface area (Å²) in [6, 6.07) is 0. The average Bonchev–Trinajstić information content (AvgIpc) is 3.20. The Labute approximate surface area is 125 Å². The highest BCUT2D eigenvalue weighted by Crippen LogP contribution is 2.58. The predicted octanol–water partition coefficient (Wildman–Crippen LogP) is 5.21. The Kier molecular flexibility index (Phi) is 8.25. The van der Waals surface area contributed by atoms with Crippen LogP contribution in [0.1, 0.15) is 78.6 Å². The zero-order chi connectivity index (χ0) is 15.0. The number of fused-ring (bicyclic) bond motifs is 5. The number of hydrogen-bond acceptors (Lipinski definition) is 2. The summed E-state index contributed by atoms with van der Waals surface area (Å²) >= 11 is 0. The van der Waals surface area contributed by atoms with E-state index in [1.807, 2.05) is 20.8 Å². The second-order valence-electron chi connectivity index (χ2n) is 6.27. The highest BCUT2D eigenvalue weighted by Gasteiger charge is 2.48. The van der Waals surface area contributed by atoms with Crippen LogP contribution in [-0.4, -0.2) is 13.1 Å². The second-order valence-corrected chi connectivity index (χ2v) is 6.27. The molecule has 2 nitrogen and oxygen atoms in total. The van der Waals surface area contributed by atoms with Gasteiger partial charge in [0.1, 0.15) is 0 Å². The highest BCUT2D eigenvalue weighted by molar-refractivity contribution is 5.68. The minimum atomic E-state index is -0.105. The normalized spacial score (nSPS) is 32.6. The van der Waals surface area contributed by atoms with E-state index in [0.29, 0.717) is 6.42 Å². The van der Waals surface area contributed by atoms with Crippen molar-refractivity contribution in [3.63, 3.8) is 0 Å². The van der Waals surface area contributed by atoms with Crippen LogP contribution >= 0.6 is 0 Å². The summed E-state index contributed by atoms with van der Waals surface area (Å²) < 4.78 is 4.41. The molecule has 3 aliphatic carbocycles. The summed E-state index contributed by atoms with van der Waals surface area (Å²) in [6.45, 7) is 6.04. The maximum Gasteiger partial charge on any atom is 0.305 e. The maximum atomic E-state index is 10.3. The standard InChI is InChI=1S/C10H16.C6H12O2.C2H6/c1-2-9-7-4-5-8(6-7)10(9)3-1;1-3-4-5-6(7)8-2;1-2/h7-10H,1-6H2;3-5H2,1-2H3;1-2H3. The zero-order valence-electron chi connectivity index (χ0n) is 14.0. The third-order valence-corrected chi connectivity index (χ3v) is 5.31. The fourth-order valence-corrected chi connectivity index (χ4v) is 4.44. The number of carbonyl (C=O) groups is 1. The Morgan fingerprint density at radius 2 is 1.60 bits per heavy atom. The van der Waals surface area contributed by atoms with Crippen molar-refractivity contribution in [2.24, 2.45) is 23.7 Å². The van der Waals surface area contributed by atoms with Gasteiger partial charge in [-0.15, -0.1) is 0 Å². The van der Waals surface area contributed by atoms with Crippen LogP contribution in [-0.2, 0) is 9.53 Å². The molecule has 0 aromatic heterocycles. The Morgan fingerprint density at radius 1 is 1.05 bits per heavy atom. The molecule has 3 fully saturated rings. The lowest BCUT2D eigenvalue weighted by atomic mass is 9.82. The van der Waals surface area contributed by atoms with Crippen LogP contribution in [0.15, 0.2) is 0 Å². The van der Waals surface area contributed by atoms with E-state index in [-0.39, 0.29) is 5.97 Å². The van der Waals surface area contributed by atoms with Crippen molar-refractivity contribution in [2.45, 2.75) is 78.6 Å². The number of methoxy groups -OCH3 is 1. The van der Waals surface area contributed by atoms with Crippen LogP contribution in [0.5, 0.6) is 0 Å². The molecule has 3 rings (SSSR count). The first kappa shape index (κ1) is 17.5. The largest absolute Gasteiger partial charge is 0.469 e. The predicted molar refractivity (Wildman–Crippen MR) is 84.6 cm³/mol. The molecule has 4 unspecified atom stereocenters. The van der Waals surface area contributed by atoms with Gasteiger partial charge in [0.25, 0.3) is 0 Å². The molecule has 118 valence electrons. The first-order valence-electron chi connectivity index (χ1n) is 8.83. The third kappa shape index (κ3) is 4.49. The van der Waals surface area contributed by atoms with Gasteiger partial charge in [-0.1, -0.05) is 33.6 Å². The van der Waals surface area contributed by atoms with E-state index in [9.17, 15) is 4.79 Å². The first-order valence-corrected chi connectivity index (χ1v) is 8.83. The smallest absolute Gasteiger partial charge is 0.305 e. The van der Waals surface area contributed by atoms with E-state index >= 15 is 0 Å². The van der Waals surface area contributed by atoms with Gasteiger partial charge in [0, 0.05) is 6.42 Å². The Morgan fingerprint density at radius 3 is 2.05 bits per heavy atom. The zero-order valence-corrected chi connectivity index (χ0v) is 14.0. The number of unbranched alkanes of at least 4 members (excludes halogenated alkanes) is 1. The second kappa shape index (κ2) is 9.41. The Bertz CT molecular complexity index is 259. The lowest BCUT2D eigenvalue weighted by molar-refractivity contribution is -0.140. The van der Waals surface area contributed by atoms with Crippen molar-refractivity contribution in [2.75, 3.05) is 7.11 Å². The highest BCUT2D eigenvalue weighted by atomic mass is 16.5. The molecular formula is C18H34O2. The van der Waals surface area contributed by atoms with Crippen LogP contribution in [0, 0.1) is 23.7 Å². The maximum absolute atomic E-state index is 10.3. The van der Waals surface area contributed by atoms with Gasteiger partial charge in [0.15, 0.2) is 0 Å². The third-order valence-electron chi connectivity index (χ3n) is 5.31. The number of hydrogen-bond donors (Lipinski definition) is 0. The van der Waals surface area contributed by atoms with E-state index in [4.69, 9.17) is 0 Å². The Hall–Kier alpha value is -0.530. The molecule has 0 radical (unpaired) electrons. The quantitative estimate of drug-likeness (QED) is 0.664. The van der Waals surface area contributed by atoms with Gasteiger partial charge >= 0.3 is 5.97 Å². The molecule has 20 heavy (non-hydrogen) atoms. The van der Waals surface area contributed by atoms with Gasteiger partial charge in [-0.2, -0.15) is 0 Å². The first-order chi connectivity index (χ1) is 9.76. The van der Waals surface area contributed by atoms with Crippen molar-refractivity contribution >= 4 is 5.97 Å². The lowest BCUT2D eigenvalue weighted by Gasteiger charge is -2.23. The topological polar surface area (TPSA) is 26.3 Å².